The number of rotatable bonds is 18. The Morgan fingerprint density at radius 3 is 2.12 bits per heavy atom. The van der Waals surface area contributed by atoms with Crippen molar-refractivity contribution >= 4 is 28.2 Å². The molecule has 43 heavy (non-hydrogen) atoms. The van der Waals surface area contributed by atoms with Gasteiger partial charge in [-0.15, -0.1) is 12.4 Å². The first-order valence-corrected chi connectivity index (χ1v) is 16.3. The maximum Gasteiger partial charge on any atom is 0.261 e. The molecule has 3 unspecified atom stereocenters. The van der Waals surface area contributed by atoms with Crippen LogP contribution >= 0.6 is 12.4 Å². The summed E-state index contributed by atoms with van der Waals surface area (Å²) in [4.78, 5) is 13.6. The van der Waals surface area contributed by atoms with Gasteiger partial charge < -0.3 is 25.2 Å². The summed E-state index contributed by atoms with van der Waals surface area (Å²) in [5.41, 5.74) is 1.95. The van der Waals surface area contributed by atoms with Crippen LogP contribution in [0.25, 0.3) is 0 Å². The maximum absolute atomic E-state index is 13.6. The number of nitrogens with one attached hydrogen (secondary N) is 2. The van der Waals surface area contributed by atoms with E-state index in [1.54, 1.807) is 31.4 Å². The molecule has 0 aliphatic carbocycles. The van der Waals surface area contributed by atoms with Crippen LogP contribution in [-0.4, -0.2) is 62.8 Å². The summed E-state index contributed by atoms with van der Waals surface area (Å²) in [6, 6.07) is 25.5. The Bertz CT molecular complexity index is 1330. The lowest BCUT2D eigenvalue weighted by molar-refractivity contribution is -0.129. The van der Waals surface area contributed by atoms with E-state index in [-0.39, 0.29) is 42.8 Å². The fourth-order valence-corrected chi connectivity index (χ4v) is 6.03. The van der Waals surface area contributed by atoms with Crippen molar-refractivity contribution in [3.8, 4) is 11.5 Å². The second kappa shape index (κ2) is 18.5. The van der Waals surface area contributed by atoms with Gasteiger partial charge in [-0.2, -0.15) is 0 Å². The van der Waals surface area contributed by atoms with Gasteiger partial charge in [0, 0.05) is 19.5 Å². The summed E-state index contributed by atoms with van der Waals surface area (Å²) in [7, 11) is -1.75. The standard InChI is InChI=1S/C33H44N2O6S.ClH/c1-25(2)17-19-42(38,39)20-18-32(41-28-14-8-5-9-15-28)33(37)35-30(22-26-11-6-4-7-12-26)31(36)24-34-23-27-13-10-16-29(21-27)40-3;/h4-16,21,25,30-32,34,36H,17-20,22-24H2,1-3H3,(H,35,37);1H. The van der Waals surface area contributed by atoms with Crippen molar-refractivity contribution in [2.45, 2.75) is 57.9 Å². The monoisotopic (exact) mass is 632 g/mol. The first kappa shape index (κ1) is 36.1. The van der Waals surface area contributed by atoms with Crippen molar-refractivity contribution < 1.29 is 27.8 Å². The molecule has 0 saturated carbocycles. The van der Waals surface area contributed by atoms with E-state index in [4.69, 9.17) is 9.47 Å². The minimum atomic E-state index is -3.36. The zero-order valence-corrected chi connectivity index (χ0v) is 26.8. The average molecular weight is 633 g/mol. The third-order valence-electron chi connectivity index (χ3n) is 6.92. The second-order valence-electron chi connectivity index (χ2n) is 10.9. The van der Waals surface area contributed by atoms with Gasteiger partial charge in [0.15, 0.2) is 6.10 Å². The number of aliphatic hydroxyl groups excluding tert-OH is 1. The average Bonchev–Trinajstić information content (AvgIpc) is 2.99. The number of hydrogen-bond acceptors (Lipinski definition) is 7. The number of benzene rings is 3. The Kier molecular flexibility index (Phi) is 15.6. The molecule has 0 spiro atoms. The van der Waals surface area contributed by atoms with E-state index in [9.17, 15) is 18.3 Å². The third kappa shape index (κ3) is 13.4. The highest BCUT2D eigenvalue weighted by atomic mass is 35.5. The lowest BCUT2D eigenvalue weighted by atomic mass is 10.0. The van der Waals surface area contributed by atoms with Gasteiger partial charge in [0.05, 0.1) is 30.8 Å². The van der Waals surface area contributed by atoms with E-state index in [2.05, 4.69) is 10.6 Å². The molecule has 0 radical (unpaired) electrons. The van der Waals surface area contributed by atoms with E-state index in [0.29, 0.717) is 25.1 Å². The van der Waals surface area contributed by atoms with Crippen molar-refractivity contribution in [3.63, 3.8) is 0 Å². The largest absolute Gasteiger partial charge is 0.497 e. The van der Waals surface area contributed by atoms with E-state index in [0.717, 1.165) is 16.9 Å². The van der Waals surface area contributed by atoms with Crippen LogP contribution < -0.4 is 20.1 Å². The maximum atomic E-state index is 13.6. The van der Waals surface area contributed by atoms with Crippen molar-refractivity contribution in [1.29, 1.82) is 0 Å². The smallest absolute Gasteiger partial charge is 0.261 e. The lowest BCUT2D eigenvalue weighted by Crippen LogP contribution is -2.52. The fourth-order valence-electron chi connectivity index (χ4n) is 4.43. The van der Waals surface area contributed by atoms with Crippen molar-refractivity contribution in [1.82, 2.24) is 10.6 Å². The molecule has 3 aromatic carbocycles. The zero-order valence-electron chi connectivity index (χ0n) is 25.1. The number of aliphatic hydroxyl groups is 1. The number of ether oxygens (including phenoxy) is 2. The van der Waals surface area contributed by atoms with Gasteiger partial charge >= 0.3 is 0 Å². The molecule has 10 heteroatoms. The first-order chi connectivity index (χ1) is 20.1. The number of methoxy groups -OCH3 is 1. The Labute approximate surface area is 262 Å². The predicted octanol–water partition coefficient (Wildman–Crippen LogP) is 4.59. The van der Waals surface area contributed by atoms with Gasteiger partial charge in [-0.1, -0.05) is 74.5 Å². The molecule has 0 bridgehead atoms. The van der Waals surface area contributed by atoms with E-state index >= 15 is 0 Å². The SMILES string of the molecule is COc1cccc(CNCC(O)C(Cc2ccccc2)NC(=O)C(CCS(=O)(=O)CCC(C)C)Oc2ccccc2)c1.Cl. The molecular weight excluding hydrogens is 588 g/mol. The van der Waals surface area contributed by atoms with Crippen LogP contribution in [-0.2, 0) is 27.6 Å². The summed E-state index contributed by atoms with van der Waals surface area (Å²) in [5.74, 6) is 0.914. The molecule has 0 saturated heterocycles. The Balaban J connectivity index is 0.00000645. The molecule has 3 atom stereocenters. The zero-order chi connectivity index (χ0) is 30.4. The quantitative estimate of drug-likeness (QED) is 0.188. The van der Waals surface area contributed by atoms with Crippen LogP contribution in [0.15, 0.2) is 84.9 Å². The van der Waals surface area contributed by atoms with Crippen LogP contribution in [0.2, 0.25) is 0 Å². The molecular formula is C33H45ClN2O6S. The normalized spacial score (nSPS) is 13.4. The highest BCUT2D eigenvalue weighted by molar-refractivity contribution is 7.91. The number of carbonyl (C=O) groups excluding carboxylic acids is 1. The van der Waals surface area contributed by atoms with Crippen molar-refractivity contribution in [3.05, 3.63) is 96.1 Å². The molecule has 0 aliphatic heterocycles. The first-order valence-electron chi connectivity index (χ1n) is 14.4. The van der Waals surface area contributed by atoms with Gasteiger partial charge in [-0.25, -0.2) is 8.42 Å². The van der Waals surface area contributed by atoms with Crippen LogP contribution in [0.5, 0.6) is 11.5 Å². The number of halogens is 1. The van der Waals surface area contributed by atoms with Gasteiger partial charge in [0.1, 0.15) is 21.3 Å². The summed E-state index contributed by atoms with van der Waals surface area (Å²) in [5, 5.41) is 17.4. The van der Waals surface area contributed by atoms with E-state index in [1.165, 1.54) is 0 Å². The molecule has 1 amide bonds. The molecule has 3 aromatic rings. The van der Waals surface area contributed by atoms with Crippen LogP contribution in [0, 0.1) is 5.92 Å². The van der Waals surface area contributed by atoms with Gasteiger partial charge in [0.25, 0.3) is 5.91 Å². The molecule has 0 aliphatic rings. The van der Waals surface area contributed by atoms with Crippen molar-refractivity contribution in [2.75, 3.05) is 25.2 Å². The van der Waals surface area contributed by atoms with Crippen LogP contribution in [0.3, 0.4) is 0 Å². The molecule has 3 rings (SSSR count). The minimum absolute atomic E-state index is 0. The summed E-state index contributed by atoms with van der Waals surface area (Å²) in [6.07, 6.45) is -1.02. The van der Waals surface area contributed by atoms with E-state index < -0.39 is 34.0 Å². The summed E-state index contributed by atoms with van der Waals surface area (Å²) >= 11 is 0. The van der Waals surface area contributed by atoms with Gasteiger partial charge in [-0.05, 0) is 54.2 Å². The number of sulfone groups is 1. The highest BCUT2D eigenvalue weighted by Gasteiger charge is 2.29. The molecule has 8 nitrogen and oxygen atoms in total. The highest BCUT2D eigenvalue weighted by Crippen LogP contribution is 2.16. The molecule has 0 fully saturated rings. The summed E-state index contributed by atoms with van der Waals surface area (Å²) in [6.45, 7) is 4.69. The van der Waals surface area contributed by atoms with Gasteiger partial charge in [0.2, 0.25) is 0 Å². The Hall–Kier alpha value is -3.11. The summed E-state index contributed by atoms with van der Waals surface area (Å²) < 4.78 is 36.7. The molecule has 0 aromatic heterocycles. The Morgan fingerprint density at radius 1 is 0.860 bits per heavy atom. The van der Waals surface area contributed by atoms with Gasteiger partial charge in [-0.3, -0.25) is 4.79 Å². The number of para-hydroxylation sites is 1. The predicted molar refractivity (Wildman–Crippen MR) is 174 cm³/mol. The number of hydrogen-bond donors (Lipinski definition) is 3. The molecule has 3 N–H and O–H groups in total. The lowest BCUT2D eigenvalue weighted by Gasteiger charge is -2.27. The number of carbonyl (C=O) groups is 1. The molecule has 0 heterocycles. The Morgan fingerprint density at radius 2 is 1.47 bits per heavy atom. The third-order valence-corrected chi connectivity index (χ3v) is 8.63. The van der Waals surface area contributed by atoms with Crippen LogP contribution in [0.1, 0.15) is 37.8 Å². The minimum Gasteiger partial charge on any atom is -0.497 e. The molecule has 236 valence electrons. The fraction of sp³-hybridized carbons (Fsp3) is 0.424. The van der Waals surface area contributed by atoms with Crippen LogP contribution in [0.4, 0.5) is 0 Å². The van der Waals surface area contributed by atoms with Crippen molar-refractivity contribution in [2.24, 2.45) is 5.92 Å². The topological polar surface area (TPSA) is 114 Å². The number of amides is 1. The van der Waals surface area contributed by atoms with E-state index in [1.807, 2.05) is 74.5 Å². The second-order valence-corrected chi connectivity index (χ2v) is 13.2.